The first-order valence-electron chi connectivity index (χ1n) is 11.6. The second kappa shape index (κ2) is 7.38. The Kier molecular flexibility index (Phi) is 4.68. The molecule has 0 bridgehead atoms. The number of fused-ring (bicyclic) bond motifs is 2. The Hall–Kier alpha value is -1.40. The molecule has 29 heavy (non-hydrogen) atoms. The number of rotatable bonds is 5. The predicted molar refractivity (Wildman–Crippen MR) is 114 cm³/mol. The second-order valence-electron chi connectivity index (χ2n) is 9.80. The molecule has 4 aliphatic rings. The van der Waals surface area contributed by atoms with Gasteiger partial charge in [-0.1, -0.05) is 12.1 Å². The molecule has 0 radical (unpaired) electrons. The Bertz CT molecular complexity index is 884. The summed E-state index contributed by atoms with van der Waals surface area (Å²) in [6.45, 7) is 7.38. The largest absolute Gasteiger partial charge is 0.396 e. The molecule has 2 aromatic rings. The molecule has 0 amide bonds. The number of hydrogen-bond acceptors (Lipinski definition) is 4. The lowest BCUT2D eigenvalue weighted by molar-refractivity contribution is 0.0332. The summed E-state index contributed by atoms with van der Waals surface area (Å²) in [6.07, 6.45) is 5.08. The number of aromatic amines is 1. The molecule has 5 nitrogen and oxygen atoms in total. The summed E-state index contributed by atoms with van der Waals surface area (Å²) in [5.41, 5.74) is 5.81. The summed E-state index contributed by atoms with van der Waals surface area (Å²) in [5, 5.41) is 11.5. The van der Waals surface area contributed by atoms with Gasteiger partial charge in [0.05, 0.1) is 13.2 Å². The zero-order valence-corrected chi connectivity index (χ0v) is 17.3. The number of benzene rings is 1. The molecular weight excluding hydrogens is 362 g/mol. The minimum absolute atomic E-state index is 0.322. The van der Waals surface area contributed by atoms with Crippen molar-refractivity contribution in [2.24, 2.45) is 11.8 Å². The van der Waals surface area contributed by atoms with E-state index in [2.05, 4.69) is 33.0 Å². The Morgan fingerprint density at radius 1 is 1.14 bits per heavy atom. The average molecular weight is 396 g/mol. The number of nitrogens with one attached hydrogen (secondary N) is 1. The van der Waals surface area contributed by atoms with E-state index in [1.807, 2.05) is 0 Å². The molecular formula is C24H33N3O2. The highest BCUT2D eigenvalue weighted by Crippen LogP contribution is 2.47. The quantitative estimate of drug-likeness (QED) is 0.817. The molecule has 3 fully saturated rings. The van der Waals surface area contributed by atoms with Crippen LogP contribution in [-0.4, -0.2) is 71.9 Å². The fraction of sp³-hybridized carbons (Fsp3) is 0.667. The molecule has 3 atom stereocenters. The first kappa shape index (κ1) is 18.4. The van der Waals surface area contributed by atoms with Crippen molar-refractivity contribution in [3.05, 3.63) is 35.0 Å². The van der Waals surface area contributed by atoms with Crippen LogP contribution in [-0.2, 0) is 17.7 Å². The molecule has 6 rings (SSSR count). The van der Waals surface area contributed by atoms with Gasteiger partial charge in [-0.2, -0.15) is 0 Å². The Balaban J connectivity index is 1.38. The highest BCUT2D eigenvalue weighted by Gasteiger charge is 2.42. The average Bonchev–Trinajstić information content (AvgIpc) is 3.51. The van der Waals surface area contributed by atoms with Crippen LogP contribution in [0.1, 0.15) is 42.0 Å². The van der Waals surface area contributed by atoms with Gasteiger partial charge in [0.2, 0.25) is 0 Å². The van der Waals surface area contributed by atoms with Crippen LogP contribution in [0.4, 0.5) is 0 Å². The van der Waals surface area contributed by atoms with Crippen molar-refractivity contribution in [1.82, 2.24) is 14.8 Å². The monoisotopic (exact) mass is 395 g/mol. The van der Waals surface area contributed by atoms with Gasteiger partial charge < -0.3 is 14.8 Å². The van der Waals surface area contributed by atoms with Gasteiger partial charge in [-0.3, -0.25) is 9.80 Å². The number of morpholine rings is 1. The van der Waals surface area contributed by atoms with E-state index >= 15 is 0 Å². The van der Waals surface area contributed by atoms with Gasteiger partial charge in [-0.05, 0) is 54.7 Å². The molecule has 2 aliphatic heterocycles. The van der Waals surface area contributed by atoms with E-state index in [1.54, 1.807) is 5.56 Å². The molecule has 1 saturated carbocycles. The number of nitrogens with zero attached hydrogens (tertiary/aromatic N) is 2. The maximum Gasteiger partial charge on any atom is 0.0594 e. The predicted octanol–water partition coefficient (Wildman–Crippen LogP) is 2.73. The molecule has 156 valence electrons. The molecule has 0 spiro atoms. The number of hydrogen-bond donors (Lipinski definition) is 2. The smallest absolute Gasteiger partial charge is 0.0594 e. The second-order valence-corrected chi connectivity index (χ2v) is 9.80. The van der Waals surface area contributed by atoms with Crippen LogP contribution in [0.5, 0.6) is 0 Å². The van der Waals surface area contributed by atoms with E-state index in [9.17, 15) is 5.11 Å². The maximum atomic E-state index is 9.98. The van der Waals surface area contributed by atoms with Gasteiger partial charge in [-0.15, -0.1) is 0 Å². The van der Waals surface area contributed by atoms with Gasteiger partial charge in [-0.25, -0.2) is 0 Å². The molecule has 3 heterocycles. The minimum atomic E-state index is 0.322. The number of aromatic nitrogens is 1. The van der Waals surface area contributed by atoms with E-state index in [-0.39, 0.29) is 0 Å². The lowest BCUT2D eigenvalue weighted by Gasteiger charge is -2.47. The van der Waals surface area contributed by atoms with Gasteiger partial charge in [0, 0.05) is 67.9 Å². The Labute approximate surface area is 173 Å². The number of ether oxygens (including phenoxy) is 1. The fourth-order valence-corrected chi connectivity index (χ4v) is 6.15. The molecule has 2 saturated heterocycles. The van der Waals surface area contributed by atoms with Crippen LogP contribution >= 0.6 is 0 Å². The summed E-state index contributed by atoms with van der Waals surface area (Å²) in [6, 6.07) is 7.44. The van der Waals surface area contributed by atoms with Crippen LogP contribution in [0.2, 0.25) is 0 Å². The molecule has 2 N–H and O–H groups in total. The molecule has 1 aromatic carbocycles. The highest BCUT2D eigenvalue weighted by atomic mass is 16.5. The zero-order valence-electron chi connectivity index (χ0n) is 17.3. The van der Waals surface area contributed by atoms with Crippen molar-refractivity contribution < 1.29 is 9.84 Å². The van der Waals surface area contributed by atoms with E-state index in [4.69, 9.17) is 4.74 Å². The summed E-state index contributed by atoms with van der Waals surface area (Å²) in [7, 11) is 0. The van der Waals surface area contributed by atoms with Crippen molar-refractivity contribution in [3.63, 3.8) is 0 Å². The zero-order chi connectivity index (χ0) is 19.4. The van der Waals surface area contributed by atoms with Crippen molar-refractivity contribution in [3.8, 4) is 0 Å². The summed E-state index contributed by atoms with van der Waals surface area (Å²) in [4.78, 5) is 9.07. The van der Waals surface area contributed by atoms with Gasteiger partial charge >= 0.3 is 0 Å². The van der Waals surface area contributed by atoms with E-state index in [0.717, 1.165) is 58.2 Å². The van der Waals surface area contributed by atoms with Crippen LogP contribution in [0.15, 0.2) is 18.2 Å². The first-order chi connectivity index (χ1) is 14.3. The topological polar surface area (TPSA) is 51.7 Å². The Morgan fingerprint density at radius 2 is 2.00 bits per heavy atom. The summed E-state index contributed by atoms with van der Waals surface area (Å²) >= 11 is 0. The van der Waals surface area contributed by atoms with Crippen molar-refractivity contribution in [2.75, 3.05) is 46.0 Å². The van der Waals surface area contributed by atoms with Gasteiger partial charge in [0.25, 0.3) is 0 Å². The standard InChI is InChI=1S/C24H33N3O2/c28-15-17-10-19-18-2-1-3-21-24(18)20(11-23(19)27(13-17)12-16-4-5-16)22(25-21)14-26-6-8-29-9-7-26/h1-3,16-17,19,23,25,28H,4-15H2/t17-,19-,23-/m1/s1. The van der Waals surface area contributed by atoms with Gasteiger partial charge in [0.15, 0.2) is 0 Å². The van der Waals surface area contributed by atoms with Crippen LogP contribution in [0.3, 0.4) is 0 Å². The molecule has 5 heteroatoms. The maximum absolute atomic E-state index is 9.98. The number of aliphatic hydroxyl groups excluding tert-OH is 1. The molecule has 1 aromatic heterocycles. The van der Waals surface area contributed by atoms with Crippen LogP contribution in [0.25, 0.3) is 10.9 Å². The third kappa shape index (κ3) is 3.32. The number of aliphatic hydroxyl groups is 1. The van der Waals surface area contributed by atoms with Gasteiger partial charge in [0.1, 0.15) is 0 Å². The van der Waals surface area contributed by atoms with Crippen molar-refractivity contribution >= 4 is 10.9 Å². The van der Waals surface area contributed by atoms with Crippen LogP contribution < -0.4 is 0 Å². The SMILES string of the molecule is OC[C@@H]1C[C@@H]2c3cccc4[nH]c(CN5CCOCC5)c(c34)C[C@H]2N(CC2CC2)C1. The Morgan fingerprint density at radius 3 is 2.79 bits per heavy atom. The number of piperidine rings is 1. The van der Waals surface area contributed by atoms with Crippen LogP contribution in [0, 0.1) is 11.8 Å². The third-order valence-corrected chi connectivity index (χ3v) is 7.81. The normalized spacial score (nSPS) is 30.6. The lowest BCUT2D eigenvalue weighted by atomic mass is 9.72. The van der Waals surface area contributed by atoms with Crippen molar-refractivity contribution in [2.45, 2.75) is 44.2 Å². The fourth-order valence-electron chi connectivity index (χ4n) is 6.15. The van der Waals surface area contributed by atoms with E-state index in [0.29, 0.717) is 24.5 Å². The molecule has 0 unspecified atom stereocenters. The third-order valence-electron chi connectivity index (χ3n) is 7.81. The molecule has 2 aliphatic carbocycles. The highest BCUT2D eigenvalue weighted by molar-refractivity contribution is 5.89. The summed E-state index contributed by atoms with van der Waals surface area (Å²) < 4.78 is 5.55. The number of likely N-dealkylation sites (tertiary alicyclic amines) is 1. The summed E-state index contributed by atoms with van der Waals surface area (Å²) in [5.74, 6) is 1.87. The van der Waals surface area contributed by atoms with Crippen molar-refractivity contribution in [1.29, 1.82) is 0 Å². The first-order valence-corrected chi connectivity index (χ1v) is 11.6. The lowest BCUT2D eigenvalue weighted by Crippen LogP contribution is -2.51. The minimum Gasteiger partial charge on any atom is -0.396 e. The van der Waals surface area contributed by atoms with E-state index < -0.39 is 0 Å². The van der Waals surface area contributed by atoms with E-state index in [1.165, 1.54) is 41.5 Å². The number of H-pyrrole nitrogens is 1.